The molecule has 0 unspecified atom stereocenters. The Bertz CT molecular complexity index is 2600. The number of benzene rings is 8. The van der Waals surface area contributed by atoms with Crippen LogP contribution in [0, 0.1) is 0 Å². The quantitative estimate of drug-likeness (QED) is 0.159. The second-order valence-electron chi connectivity index (χ2n) is 13.3. The summed E-state index contributed by atoms with van der Waals surface area (Å²) >= 11 is 0. The minimum atomic E-state index is 0.622. The van der Waals surface area contributed by atoms with Gasteiger partial charge in [-0.05, 0) is 73.8 Å². The predicted octanol–water partition coefficient (Wildman–Crippen LogP) is 13.2. The SMILES string of the molecule is c1ccc(-c2ccc(-c3cc(-c4nc(-c5ccccc5)nc(-c5ccccc5)n4)cc(-c4ccccc4-c4ccc(-c5ccccc5)cc4)c3)cc2)cc1. The van der Waals surface area contributed by atoms with E-state index in [1.165, 1.54) is 22.3 Å². The molecule has 0 aliphatic rings. The molecule has 3 nitrogen and oxygen atoms in total. The van der Waals surface area contributed by atoms with Crippen LogP contribution < -0.4 is 0 Å². The molecule has 0 spiro atoms. The lowest BCUT2D eigenvalue weighted by molar-refractivity contribution is 1.07. The molecule has 3 heteroatoms. The van der Waals surface area contributed by atoms with Gasteiger partial charge in [-0.2, -0.15) is 0 Å². The highest BCUT2D eigenvalue weighted by Gasteiger charge is 2.16. The van der Waals surface area contributed by atoms with Crippen LogP contribution in [0.2, 0.25) is 0 Å². The van der Waals surface area contributed by atoms with Gasteiger partial charge in [-0.1, -0.05) is 194 Å². The molecule has 0 saturated carbocycles. The molecule has 0 radical (unpaired) electrons. The Morgan fingerprint density at radius 3 is 0.907 bits per heavy atom. The summed E-state index contributed by atoms with van der Waals surface area (Å²) in [7, 11) is 0. The summed E-state index contributed by atoms with van der Waals surface area (Å²) in [6.07, 6.45) is 0. The zero-order chi connectivity index (χ0) is 36.1. The molecule has 1 aromatic heterocycles. The summed E-state index contributed by atoms with van der Waals surface area (Å²) in [5.41, 5.74) is 14.3. The normalized spacial score (nSPS) is 11.0. The third-order valence-electron chi connectivity index (χ3n) is 9.76. The highest BCUT2D eigenvalue weighted by molar-refractivity contribution is 5.89. The molecule has 0 N–H and O–H groups in total. The molecule has 0 saturated heterocycles. The molecular formula is C51H35N3. The molecule has 0 aliphatic carbocycles. The molecule has 0 amide bonds. The Labute approximate surface area is 316 Å². The standard InChI is InChI=1S/C51H35N3/c1-5-15-36(16-6-1)38-25-27-40(28-26-38)44-33-45(48-24-14-13-23-47(48)41-31-29-39(30-32-41)37-17-7-2-8-18-37)35-46(34-44)51-53-49(42-19-9-3-10-20-42)52-50(54-51)43-21-11-4-12-22-43/h1-35H. The van der Waals surface area contributed by atoms with Crippen molar-refractivity contribution in [3.8, 4) is 89.8 Å². The lowest BCUT2D eigenvalue weighted by Gasteiger charge is -2.15. The fraction of sp³-hybridized carbons (Fsp3) is 0. The number of rotatable bonds is 8. The summed E-state index contributed by atoms with van der Waals surface area (Å²) in [6, 6.07) is 74.3. The molecule has 0 atom stereocenters. The van der Waals surface area contributed by atoms with Gasteiger partial charge in [0.2, 0.25) is 0 Å². The van der Waals surface area contributed by atoms with Crippen molar-refractivity contribution in [3.05, 3.63) is 212 Å². The maximum absolute atomic E-state index is 5.12. The maximum atomic E-state index is 5.12. The Morgan fingerprint density at radius 1 is 0.185 bits per heavy atom. The highest BCUT2D eigenvalue weighted by Crippen LogP contribution is 2.38. The van der Waals surface area contributed by atoms with Gasteiger partial charge in [0.25, 0.3) is 0 Å². The van der Waals surface area contributed by atoms with Crippen LogP contribution in [0.1, 0.15) is 0 Å². The first-order valence-corrected chi connectivity index (χ1v) is 18.2. The first kappa shape index (κ1) is 32.7. The lowest BCUT2D eigenvalue weighted by Crippen LogP contribution is -2.00. The lowest BCUT2D eigenvalue weighted by atomic mass is 9.90. The summed E-state index contributed by atoms with van der Waals surface area (Å²) in [6.45, 7) is 0. The highest BCUT2D eigenvalue weighted by atomic mass is 15.0. The molecular weight excluding hydrogens is 655 g/mol. The van der Waals surface area contributed by atoms with Crippen LogP contribution in [-0.2, 0) is 0 Å². The molecule has 1 heterocycles. The smallest absolute Gasteiger partial charge is 0.164 e. The van der Waals surface area contributed by atoms with Crippen molar-refractivity contribution >= 4 is 0 Å². The van der Waals surface area contributed by atoms with Gasteiger partial charge in [0, 0.05) is 16.7 Å². The van der Waals surface area contributed by atoms with E-state index in [9.17, 15) is 0 Å². The van der Waals surface area contributed by atoms with E-state index in [1.54, 1.807) is 0 Å². The van der Waals surface area contributed by atoms with Crippen LogP contribution in [-0.4, -0.2) is 15.0 Å². The van der Waals surface area contributed by atoms with Gasteiger partial charge in [0.1, 0.15) is 0 Å². The monoisotopic (exact) mass is 689 g/mol. The largest absolute Gasteiger partial charge is 0.208 e. The van der Waals surface area contributed by atoms with E-state index in [4.69, 9.17) is 15.0 Å². The van der Waals surface area contributed by atoms with Crippen LogP contribution in [0.4, 0.5) is 0 Å². The van der Waals surface area contributed by atoms with Gasteiger partial charge in [-0.15, -0.1) is 0 Å². The van der Waals surface area contributed by atoms with Gasteiger partial charge in [-0.3, -0.25) is 0 Å². The topological polar surface area (TPSA) is 38.7 Å². The zero-order valence-electron chi connectivity index (χ0n) is 29.5. The Hall–Kier alpha value is -7.23. The van der Waals surface area contributed by atoms with Crippen LogP contribution >= 0.6 is 0 Å². The minimum Gasteiger partial charge on any atom is -0.208 e. The minimum absolute atomic E-state index is 0.622. The van der Waals surface area contributed by atoms with E-state index in [-0.39, 0.29) is 0 Å². The summed E-state index contributed by atoms with van der Waals surface area (Å²) in [5.74, 6) is 1.89. The predicted molar refractivity (Wildman–Crippen MR) is 223 cm³/mol. The number of hydrogen-bond donors (Lipinski definition) is 0. The molecule has 9 rings (SSSR count). The number of aromatic nitrogens is 3. The van der Waals surface area contributed by atoms with Crippen molar-refractivity contribution in [2.75, 3.05) is 0 Å². The van der Waals surface area contributed by atoms with Gasteiger partial charge >= 0.3 is 0 Å². The van der Waals surface area contributed by atoms with Gasteiger partial charge < -0.3 is 0 Å². The van der Waals surface area contributed by atoms with Gasteiger partial charge in [0.15, 0.2) is 17.5 Å². The first-order valence-electron chi connectivity index (χ1n) is 18.2. The number of nitrogens with zero attached hydrogens (tertiary/aromatic N) is 3. The van der Waals surface area contributed by atoms with E-state index < -0.39 is 0 Å². The van der Waals surface area contributed by atoms with Gasteiger partial charge in [0.05, 0.1) is 0 Å². The van der Waals surface area contributed by atoms with Crippen molar-refractivity contribution in [1.82, 2.24) is 15.0 Å². The van der Waals surface area contributed by atoms with Crippen LogP contribution in [0.3, 0.4) is 0 Å². The van der Waals surface area contributed by atoms with Crippen molar-refractivity contribution in [2.24, 2.45) is 0 Å². The van der Waals surface area contributed by atoms with Crippen molar-refractivity contribution in [3.63, 3.8) is 0 Å². The molecule has 0 bridgehead atoms. The van der Waals surface area contributed by atoms with Crippen molar-refractivity contribution in [2.45, 2.75) is 0 Å². The van der Waals surface area contributed by atoms with Gasteiger partial charge in [-0.25, -0.2) is 15.0 Å². The van der Waals surface area contributed by atoms with Crippen molar-refractivity contribution in [1.29, 1.82) is 0 Å². The van der Waals surface area contributed by atoms with Crippen LogP contribution in [0.15, 0.2) is 212 Å². The summed E-state index contributed by atoms with van der Waals surface area (Å²) < 4.78 is 0. The molecule has 0 fully saturated rings. The number of hydrogen-bond acceptors (Lipinski definition) is 3. The summed E-state index contributed by atoms with van der Waals surface area (Å²) in [5, 5.41) is 0. The van der Waals surface area contributed by atoms with Crippen LogP contribution in [0.5, 0.6) is 0 Å². The van der Waals surface area contributed by atoms with E-state index in [0.29, 0.717) is 17.5 Å². The molecule has 54 heavy (non-hydrogen) atoms. The average Bonchev–Trinajstić information content (AvgIpc) is 3.27. The zero-order valence-corrected chi connectivity index (χ0v) is 29.5. The van der Waals surface area contributed by atoms with E-state index in [1.807, 2.05) is 66.7 Å². The Morgan fingerprint density at radius 2 is 0.463 bits per heavy atom. The third kappa shape index (κ3) is 6.87. The second kappa shape index (κ2) is 14.8. The fourth-order valence-corrected chi connectivity index (χ4v) is 6.96. The Balaban J connectivity index is 1.21. The average molecular weight is 690 g/mol. The molecule has 8 aromatic carbocycles. The van der Waals surface area contributed by atoms with Crippen LogP contribution in [0.25, 0.3) is 89.8 Å². The maximum Gasteiger partial charge on any atom is 0.164 e. The van der Waals surface area contributed by atoms with E-state index in [0.717, 1.165) is 50.1 Å². The third-order valence-corrected chi connectivity index (χ3v) is 9.76. The van der Waals surface area contributed by atoms with E-state index in [2.05, 4.69) is 146 Å². The molecule has 254 valence electrons. The van der Waals surface area contributed by atoms with Crippen molar-refractivity contribution < 1.29 is 0 Å². The molecule has 9 aromatic rings. The first-order chi connectivity index (χ1) is 26.7. The summed E-state index contributed by atoms with van der Waals surface area (Å²) in [4.78, 5) is 15.2. The molecule has 0 aliphatic heterocycles. The fourth-order valence-electron chi connectivity index (χ4n) is 6.96. The Kier molecular flexibility index (Phi) is 8.94. The second-order valence-corrected chi connectivity index (χ2v) is 13.3. The van der Waals surface area contributed by atoms with E-state index >= 15 is 0 Å².